The van der Waals surface area contributed by atoms with Gasteiger partial charge in [0.05, 0.1) is 4.90 Å². The SMILES string of the molecule is Cc1cc(N)cc(C)c1S(=O)(=O)NCCSC(F)(F)F. The molecule has 4 nitrogen and oxygen atoms in total. The number of thioether (sulfide) groups is 1. The molecular formula is C11H15F3N2O2S2. The monoisotopic (exact) mass is 328 g/mol. The van der Waals surface area contributed by atoms with E-state index in [9.17, 15) is 21.6 Å². The highest BCUT2D eigenvalue weighted by molar-refractivity contribution is 8.00. The molecule has 0 saturated carbocycles. The fourth-order valence-corrected chi connectivity index (χ4v) is 3.87. The summed E-state index contributed by atoms with van der Waals surface area (Å²) in [5, 5.41) is 0. The van der Waals surface area contributed by atoms with E-state index in [1.807, 2.05) is 0 Å². The van der Waals surface area contributed by atoms with Crippen LogP contribution < -0.4 is 10.5 Å². The summed E-state index contributed by atoms with van der Waals surface area (Å²) in [5.41, 5.74) is 2.59. The summed E-state index contributed by atoms with van der Waals surface area (Å²) < 4.78 is 62.1. The number of hydrogen-bond acceptors (Lipinski definition) is 4. The number of rotatable bonds is 5. The molecule has 0 aromatic heterocycles. The average Bonchev–Trinajstić information content (AvgIpc) is 2.21. The quantitative estimate of drug-likeness (QED) is 0.643. The van der Waals surface area contributed by atoms with E-state index in [0.717, 1.165) is 0 Å². The minimum Gasteiger partial charge on any atom is -0.399 e. The molecule has 1 aromatic carbocycles. The number of halogens is 3. The summed E-state index contributed by atoms with van der Waals surface area (Å²) in [7, 11) is -3.84. The van der Waals surface area contributed by atoms with Gasteiger partial charge in [-0.2, -0.15) is 13.2 Å². The molecule has 0 amide bonds. The van der Waals surface area contributed by atoms with Crippen molar-refractivity contribution in [2.75, 3.05) is 18.0 Å². The van der Waals surface area contributed by atoms with Crippen LogP contribution >= 0.6 is 11.8 Å². The maximum Gasteiger partial charge on any atom is 0.441 e. The summed E-state index contributed by atoms with van der Waals surface area (Å²) in [5.74, 6) is -0.379. The molecule has 20 heavy (non-hydrogen) atoms. The molecule has 0 aliphatic carbocycles. The lowest BCUT2D eigenvalue weighted by molar-refractivity contribution is -0.0327. The number of aryl methyl sites for hydroxylation is 2. The second-order valence-electron chi connectivity index (χ2n) is 4.18. The summed E-state index contributed by atoms with van der Waals surface area (Å²) in [4.78, 5) is 0.0590. The molecule has 0 spiro atoms. The molecule has 0 heterocycles. The van der Waals surface area contributed by atoms with E-state index in [1.165, 1.54) is 12.1 Å². The Kier molecular flexibility index (Phi) is 5.33. The Morgan fingerprint density at radius 3 is 2.20 bits per heavy atom. The van der Waals surface area contributed by atoms with Crippen molar-refractivity contribution in [1.82, 2.24) is 4.72 Å². The van der Waals surface area contributed by atoms with Gasteiger partial charge in [0.25, 0.3) is 0 Å². The Morgan fingerprint density at radius 1 is 1.25 bits per heavy atom. The molecule has 0 atom stereocenters. The molecule has 0 unspecified atom stereocenters. The lowest BCUT2D eigenvalue weighted by Crippen LogP contribution is -2.28. The zero-order chi connectivity index (χ0) is 15.6. The highest BCUT2D eigenvalue weighted by atomic mass is 32.2. The predicted molar refractivity (Wildman–Crippen MR) is 74.0 cm³/mol. The molecule has 9 heteroatoms. The Labute approximate surface area is 120 Å². The van der Waals surface area contributed by atoms with Crippen molar-refractivity contribution in [3.63, 3.8) is 0 Å². The van der Waals surface area contributed by atoms with Crippen LogP contribution in [0.4, 0.5) is 18.9 Å². The first-order valence-electron chi connectivity index (χ1n) is 5.60. The van der Waals surface area contributed by atoms with Crippen LogP contribution in [0.2, 0.25) is 0 Å². The van der Waals surface area contributed by atoms with Crippen LogP contribution in [0.3, 0.4) is 0 Å². The van der Waals surface area contributed by atoms with Crippen LogP contribution in [0, 0.1) is 13.8 Å². The first-order valence-corrected chi connectivity index (χ1v) is 8.07. The molecular weight excluding hydrogens is 313 g/mol. The highest BCUT2D eigenvalue weighted by Crippen LogP contribution is 2.29. The van der Waals surface area contributed by atoms with Crippen molar-refractivity contribution in [2.45, 2.75) is 24.3 Å². The van der Waals surface area contributed by atoms with Crippen molar-refractivity contribution in [2.24, 2.45) is 0 Å². The van der Waals surface area contributed by atoms with Crippen molar-refractivity contribution < 1.29 is 21.6 Å². The number of nitrogens with one attached hydrogen (secondary N) is 1. The van der Waals surface area contributed by atoms with E-state index in [-0.39, 0.29) is 29.0 Å². The molecule has 1 rings (SSSR count). The number of nitrogen functional groups attached to an aromatic ring is 1. The fraction of sp³-hybridized carbons (Fsp3) is 0.455. The van der Waals surface area contributed by atoms with Gasteiger partial charge in [-0.05, 0) is 48.9 Å². The van der Waals surface area contributed by atoms with Gasteiger partial charge < -0.3 is 5.73 Å². The molecule has 3 N–H and O–H groups in total. The van der Waals surface area contributed by atoms with Gasteiger partial charge in [0.2, 0.25) is 10.0 Å². The lowest BCUT2D eigenvalue weighted by atomic mass is 10.1. The molecule has 0 radical (unpaired) electrons. The Morgan fingerprint density at radius 2 is 1.75 bits per heavy atom. The minimum absolute atomic E-state index is 0.0590. The van der Waals surface area contributed by atoms with Gasteiger partial charge >= 0.3 is 5.51 Å². The topological polar surface area (TPSA) is 72.2 Å². The van der Waals surface area contributed by atoms with Crippen molar-refractivity contribution >= 4 is 27.5 Å². The summed E-state index contributed by atoms with van der Waals surface area (Å²) in [6, 6.07) is 3.01. The van der Waals surface area contributed by atoms with Gasteiger partial charge in [-0.1, -0.05) is 0 Å². The number of sulfonamides is 1. The van der Waals surface area contributed by atoms with Crippen molar-refractivity contribution in [3.05, 3.63) is 23.3 Å². The van der Waals surface area contributed by atoms with Crippen molar-refractivity contribution in [1.29, 1.82) is 0 Å². The first-order chi connectivity index (χ1) is 9.03. The molecule has 0 aliphatic rings. The average molecular weight is 328 g/mol. The van der Waals surface area contributed by atoms with E-state index in [4.69, 9.17) is 5.73 Å². The van der Waals surface area contributed by atoms with Crippen LogP contribution in [-0.2, 0) is 10.0 Å². The van der Waals surface area contributed by atoms with Gasteiger partial charge in [0, 0.05) is 18.0 Å². The van der Waals surface area contributed by atoms with E-state index in [0.29, 0.717) is 16.8 Å². The smallest absolute Gasteiger partial charge is 0.399 e. The maximum atomic E-state index is 12.1. The second kappa shape index (κ2) is 6.23. The van der Waals surface area contributed by atoms with Gasteiger partial charge in [0.15, 0.2) is 0 Å². The predicted octanol–water partition coefficient (Wildman–Crippen LogP) is 2.42. The van der Waals surface area contributed by atoms with Crippen LogP contribution in [0.1, 0.15) is 11.1 Å². The van der Waals surface area contributed by atoms with Crippen LogP contribution in [0.15, 0.2) is 17.0 Å². The van der Waals surface area contributed by atoms with Crippen LogP contribution in [0.5, 0.6) is 0 Å². The van der Waals surface area contributed by atoms with Crippen LogP contribution in [0.25, 0.3) is 0 Å². The van der Waals surface area contributed by atoms with Gasteiger partial charge in [-0.3, -0.25) is 0 Å². The van der Waals surface area contributed by atoms with Crippen molar-refractivity contribution in [3.8, 4) is 0 Å². The molecule has 0 saturated heterocycles. The first kappa shape index (κ1) is 17.1. The molecule has 0 aliphatic heterocycles. The lowest BCUT2D eigenvalue weighted by Gasteiger charge is -2.13. The number of nitrogens with two attached hydrogens (primary N) is 1. The minimum atomic E-state index is -4.36. The summed E-state index contributed by atoms with van der Waals surface area (Å²) in [6.45, 7) is 2.88. The van der Waals surface area contributed by atoms with E-state index in [2.05, 4.69) is 4.72 Å². The second-order valence-corrected chi connectivity index (χ2v) is 7.04. The number of anilines is 1. The molecule has 0 bridgehead atoms. The third kappa shape index (κ3) is 4.88. The Balaban J connectivity index is 2.80. The van der Waals surface area contributed by atoms with Gasteiger partial charge in [0.1, 0.15) is 0 Å². The van der Waals surface area contributed by atoms with Crippen LogP contribution in [-0.4, -0.2) is 26.2 Å². The third-order valence-electron chi connectivity index (χ3n) is 2.41. The Hall–Kier alpha value is -0.930. The molecule has 1 aromatic rings. The van der Waals surface area contributed by atoms with Gasteiger partial charge in [-0.15, -0.1) is 0 Å². The standard InChI is InChI=1S/C11H15F3N2O2S2/c1-7-5-9(15)6-8(2)10(7)20(17,18)16-3-4-19-11(12,13)14/h5-6,16H,3-4,15H2,1-2H3. The summed E-state index contributed by atoms with van der Waals surface area (Å²) >= 11 is -0.267. The summed E-state index contributed by atoms with van der Waals surface area (Å²) in [6.07, 6.45) is 0. The van der Waals surface area contributed by atoms with Gasteiger partial charge in [-0.25, -0.2) is 13.1 Å². The number of benzene rings is 1. The van der Waals surface area contributed by atoms with E-state index in [1.54, 1.807) is 13.8 Å². The number of alkyl halides is 3. The zero-order valence-corrected chi connectivity index (χ0v) is 12.5. The van der Waals surface area contributed by atoms with E-state index < -0.39 is 15.5 Å². The Bertz CT molecular complexity index is 563. The van der Waals surface area contributed by atoms with E-state index >= 15 is 0 Å². The molecule has 114 valence electrons. The third-order valence-corrected chi connectivity index (χ3v) is 4.91. The molecule has 0 fully saturated rings. The number of hydrogen-bond donors (Lipinski definition) is 2. The normalized spacial score (nSPS) is 12.7. The largest absolute Gasteiger partial charge is 0.441 e. The zero-order valence-electron chi connectivity index (χ0n) is 10.9. The fourth-order valence-electron chi connectivity index (χ4n) is 1.82. The highest BCUT2D eigenvalue weighted by Gasteiger charge is 2.28. The maximum absolute atomic E-state index is 12.1.